The lowest BCUT2D eigenvalue weighted by Gasteiger charge is -2.34. The van der Waals surface area contributed by atoms with Crippen molar-refractivity contribution in [3.05, 3.63) is 0 Å². The van der Waals surface area contributed by atoms with Crippen LogP contribution in [0.5, 0.6) is 0 Å². The Morgan fingerprint density at radius 1 is 1.33 bits per heavy atom. The number of likely N-dealkylation sites (tertiary alicyclic amines) is 1. The normalized spacial score (nSPS) is 24.8. The van der Waals surface area contributed by atoms with Gasteiger partial charge in [0.15, 0.2) is 0 Å². The zero-order chi connectivity index (χ0) is 15.5. The second-order valence-corrected chi connectivity index (χ2v) is 7.70. The average Bonchev–Trinajstić information content (AvgIpc) is 3.22. The summed E-state index contributed by atoms with van der Waals surface area (Å²) in [5.41, 5.74) is -0.401. The van der Waals surface area contributed by atoms with Crippen molar-refractivity contribution in [2.24, 2.45) is 11.8 Å². The molecule has 4 nitrogen and oxygen atoms in total. The fourth-order valence-electron chi connectivity index (χ4n) is 3.18. The maximum absolute atomic E-state index is 12.2. The highest BCUT2D eigenvalue weighted by Gasteiger charge is 2.31. The lowest BCUT2D eigenvalue weighted by Crippen LogP contribution is -2.46. The molecule has 0 aromatic carbocycles. The number of carbonyl (C=O) groups is 1. The van der Waals surface area contributed by atoms with Gasteiger partial charge in [-0.05, 0) is 71.3 Å². The van der Waals surface area contributed by atoms with Crippen LogP contribution in [0.3, 0.4) is 0 Å². The van der Waals surface area contributed by atoms with E-state index in [-0.39, 0.29) is 6.09 Å². The molecule has 0 bridgehead atoms. The number of nitrogens with one attached hydrogen (secondary N) is 1. The number of carbonyl (C=O) groups excluding carboxylic acids is 1. The SMILES string of the molecule is CCC(NCC1CCCN(C(=O)OC(C)(C)C)C1)C1CC1. The van der Waals surface area contributed by atoms with E-state index >= 15 is 0 Å². The lowest BCUT2D eigenvalue weighted by atomic mass is 9.97. The maximum atomic E-state index is 12.2. The second kappa shape index (κ2) is 6.99. The summed E-state index contributed by atoms with van der Waals surface area (Å²) in [6.07, 6.45) is 6.15. The largest absolute Gasteiger partial charge is 0.444 e. The fourth-order valence-corrected chi connectivity index (χ4v) is 3.18. The summed E-state index contributed by atoms with van der Waals surface area (Å²) in [4.78, 5) is 14.0. The molecule has 2 atom stereocenters. The van der Waals surface area contributed by atoms with Crippen LogP contribution in [0.15, 0.2) is 0 Å². The molecule has 0 spiro atoms. The van der Waals surface area contributed by atoms with E-state index in [0.717, 1.165) is 32.0 Å². The summed E-state index contributed by atoms with van der Waals surface area (Å²) in [7, 11) is 0. The van der Waals surface area contributed by atoms with Gasteiger partial charge >= 0.3 is 6.09 Å². The molecule has 21 heavy (non-hydrogen) atoms. The molecule has 1 N–H and O–H groups in total. The molecule has 1 aliphatic carbocycles. The summed E-state index contributed by atoms with van der Waals surface area (Å²) in [6, 6.07) is 0.682. The van der Waals surface area contributed by atoms with Gasteiger partial charge in [0, 0.05) is 19.1 Å². The van der Waals surface area contributed by atoms with E-state index in [0.29, 0.717) is 12.0 Å². The highest BCUT2D eigenvalue weighted by molar-refractivity contribution is 5.68. The van der Waals surface area contributed by atoms with E-state index in [2.05, 4.69) is 12.2 Å². The lowest BCUT2D eigenvalue weighted by molar-refractivity contribution is 0.0165. The highest BCUT2D eigenvalue weighted by atomic mass is 16.6. The Morgan fingerprint density at radius 2 is 2.05 bits per heavy atom. The Labute approximate surface area is 129 Å². The third kappa shape index (κ3) is 5.50. The predicted octanol–water partition coefficient (Wildman–Crippen LogP) is 3.41. The van der Waals surface area contributed by atoms with Gasteiger partial charge in [0.25, 0.3) is 0 Å². The Balaban J connectivity index is 1.76. The molecule has 2 rings (SSSR count). The molecule has 0 aromatic heterocycles. The third-order valence-electron chi connectivity index (χ3n) is 4.47. The van der Waals surface area contributed by atoms with Crippen LogP contribution < -0.4 is 5.32 Å². The van der Waals surface area contributed by atoms with E-state index in [1.807, 2.05) is 25.7 Å². The molecule has 1 saturated heterocycles. The van der Waals surface area contributed by atoms with E-state index in [1.165, 1.54) is 25.7 Å². The summed E-state index contributed by atoms with van der Waals surface area (Å²) in [6.45, 7) is 10.8. The third-order valence-corrected chi connectivity index (χ3v) is 4.47. The van der Waals surface area contributed by atoms with Crippen molar-refractivity contribution < 1.29 is 9.53 Å². The van der Waals surface area contributed by atoms with Crippen molar-refractivity contribution in [3.8, 4) is 0 Å². The Hall–Kier alpha value is -0.770. The summed E-state index contributed by atoms with van der Waals surface area (Å²) in [5.74, 6) is 1.47. The minimum absolute atomic E-state index is 0.151. The Kier molecular flexibility index (Phi) is 5.53. The number of amides is 1. The molecule has 0 radical (unpaired) electrons. The molecule has 2 fully saturated rings. The predicted molar refractivity (Wildman–Crippen MR) is 85.3 cm³/mol. The minimum Gasteiger partial charge on any atom is -0.444 e. The van der Waals surface area contributed by atoms with E-state index in [4.69, 9.17) is 4.74 Å². The van der Waals surface area contributed by atoms with Gasteiger partial charge in [-0.15, -0.1) is 0 Å². The molecule has 1 heterocycles. The van der Waals surface area contributed by atoms with Gasteiger partial charge in [0.2, 0.25) is 0 Å². The number of piperidine rings is 1. The number of hydrogen-bond donors (Lipinski definition) is 1. The van der Waals surface area contributed by atoms with Crippen LogP contribution in [0.4, 0.5) is 4.79 Å². The van der Waals surface area contributed by atoms with Gasteiger partial charge < -0.3 is 15.0 Å². The van der Waals surface area contributed by atoms with E-state index in [9.17, 15) is 4.79 Å². The minimum atomic E-state index is -0.401. The fraction of sp³-hybridized carbons (Fsp3) is 0.941. The second-order valence-electron chi connectivity index (χ2n) is 7.70. The van der Waals surface area contributed by atoms with Crippen molar-refractivity contribution in [1.29, 1.82) is 0 Å². The molecular formula is C17H32N2O2. The molecule has 0 aromatic rings. The molecule has 122 valence electrons. The van der Waals surface area contributed by atoms with Gasteiger partial charge in [0.1, 0.15) is 5.60 Å². The van der Waals surface area contributed by atoms with Gasteiger partial charge in [-0.2, -0.15) is 0 Å². The molecule has 1 saturated carbocycles. The maximum Gasteiger partial charge on any atom is 0.410 e. The van der Waals surface area contributed by atoms with Crippen molar-refractivity contribution in [2.75, 3.05) is 19.6 Å². The first-order valence-corrected chi connectivity index (χ1v) is 8.60. The van der Waals surface area contributed by atoms with Crippen LogP contribution in [-0.4, -0.2) is 42.3 Å². The standard InChI is InChI=1S/C17H32N2O2/c1-5-15(14-8-9-14)18-11-13-7-6-10-19(12-13)16(20)21-17(2,3)4/h13-15,18H,5-12H2,1-4H3. The van der Waals surface area contributed by atoms with E-state index in [1.54, 1.807) is 0 Å². The quantitative estimate of drug-likeness (QED) is 0.845. The van der Waals surface area contributed by atoms with Gasteiger partial charge in [0.05, 0.1) is 0 Å². The number of ether oxygens (including phenoxy) is 1. The Bertz CT molecular complexity index is 347. The highest BCUT2D eigenvalue weighted by Crippen LogP contribution is 2.34. The van der Waals surface area contributed by atoms with Crippen LogP contribution >= 0.6 is 0 Å². The Morgan fingerprint density at radius 3 is 2.62 bits per heavy atom. The zero-order valence-corrected chi connectivity index (χ0v) is 14.2. The van der Waals surface area contributed by atoms with Crippen LogP contribution in [0.1, 0.15) is 59.8 Å². The van der Waals surface area contributed by atoms with Crippen LogP contribution in [0.2, 0.25) is 0 Å². The van der Waals surface area contributed by atoms with E-state index < -0.39 is 5.60 Å². The van der Waals surface area contributed by atoms with Gasteiger partial charge in [-0.25, -0.2) is 4.79 Å². The number of hydrogen-bond acceptors (Lipinski definition) is 3. The number of nitrogens with zero attached hydrogens (tertiary/aromatic N) is 1. The molecule has 4 heteroatoms. The average molecular weight is 296 g/mol. The van der Waals surface area contributed by atoms with Gasteiger partial charge in [-0.3, -0.25) is 0 Å². The van der Waals surface area contributed by atoms with Crippen LogP contribution in [0, 0.1) is 11.8 Å². The smallest absolute Gasteiger partial charge is 0.410 e. The molecule has 2 unspecified atom stereocenters. The monoisotopic (exact) mass is 296 g/mol. The summed E-state index contributed by atoms with van der Waals surface area (Å²) in [5, 5.41) is 3.73. The number of rotatable bonds is 5. The molecule has 1 aliphatic heterocycles. The van der Waals surface area contributed by atoms with Crippen molar-refractivity contribution in [1.82, 2.24) is 10.2 Å². The first-order chi connectivity index (χ1) is 9.89. The first kappa shape index (κ1) is 16.6. The first-order valence-electron chi connectivity index (χ1n) is 8.60. The summed E-state index contributed by atoms with van der Waals surface area (Å²) >= 11 is 0. The summed E-state index contributed by atoms with van der Waals surface area (Å²) < 4.78 is 5.49. The van der Waals surface area contributed by atoms with Crippen LogP contribution in [-0.2, 0) is 4.74 Å². The zero-order valence-electron chi connectivity index (χ0n) is 14.2. The van der Waals surface area contributed by atoms with Crippen molar-refractivity contribution >= 4 is 6.09 Å². The molecular weight excluding hydrogens is 264 g/mol. The van der Waals surface area contributed by atoms with Crippen LogP contribution in [0.25, 0.3) is 0 Å². The van der Waals surface area contributed by atoms with Crippen molar-refractivity contribution in [3.63, 3.8) is 0 Å². The van der Waals surface area contributed by atoms with Crippen molar-refractivity contribution in [2.45, 2.75) is 71.4 Å². The molecule has 1 amide bonds. The molecule has 2 aliphatic rings. The topological polar surface area (TPSA) is 41.6 Å². The van der Waals surface area contributed by atoms with Gasteiger partial charge in [-0.1, -0.05) is 6.92 Å².